The van der Waals surface area contributed by atoms with Crippen molar-refractivity contribution in [2.75, 3.05) is 12.3 Å². The van der Waals surface area contributed by atoms with Crippen LogP contribution in [-0.2, 0) is 10.0 Å². The Balaban J connectivity index is 2.76. The number of rotatable bonds is 5. The Morgan fingerprint density at radius 2 is 2.00 bits per heavy atom. The highest BCUT2D eigenvalue weighted by molar-refractivity contribution is 7.89. The quantitative estimate of drug-likeness (QED) is 0.718. The van der Waals surface area contributed by atoms with Crippen LogP contribution in [0, 0.1) is 11.2 Å². The fourth-order valence-corrected chi connectivity index (χ4v) is 3.01. The highest BCUT2D eigenvalue weighted by Crippen LogP contribution is 2.22. The molecule has 0 saturated heterocycles. The molecule has 0 heterocycles. The number of nitrogens with two attached hydrogens (primary N) is 1. The lowest BCUT2D eigenvalue weighted by molar-refractivity contribution is 0.125. The van der Waals surface area contributed by atoms with Crippen molar-refractivity contribution in [1.82, 2.24) is 4.72 Å². The first-order valence-electron chi connectivity index (χ1n) is 6.24. The van der Waals surface area contributed by atoms with E-state index in [4.69, 9.17) is 5.73 Å². The van der Waals surface area contributed by atoms with E-state index in [1.165, 1.54) is 0 Å². The summed E-state index contributed by atoms with van der Waals surface area (Å²) in [4.78, 5) is -0.193. The SMILES string of the molecule is CC(C)(C)CC(O)CNS(=O)(=O)c1ccc(F)cc1N. The molecule has 1 unspecified atom stereocenters. The normalized spacial score (nSPS) is 14.2. The molecule has 0 aromatic heterocycles. The lowest BCUT2D eigenvalue weighted by Crippen LogP contribution is -2.34. The maximum absolute atomic E-state index is 12.9. The molecule has 5 nitrogen and oxygen atoms in total. The molecule has 114 valence electrons. The summed E-state index contributed by atoms with van der Waals surface area (Å²) < 4.78 is 39.2. The van der Waals surface area contributed by atoms with Crippen molar-refractivity contribution in [3.05, 3.63) is 24.0 Å². The second kappa shape index (κ2) is 6.07. The Labute approximate surface area is 119 Å². The molecule has 1 rings (SSSR count). The molecule has 1 aromatic rings. The lowest BCUT2D eigenvalue weighted by Gasteiger charge is -2.22. The van der Waals surface area contributed by atoms with E-state index in [9.17, 15) is 17.9 Å². The number of nitrogen functional groups attached to an aromatic ring is 1. The monoisotopic (exact) mass is 304 g/mol. The van der Waals surface area contributed by atoms with E-state index in [1.807, 2.05) is 20.8 Å². The second-order valence-corrected chi connectivity index (χ2v) is 7.69. The molecular weight excluding hydrogens is 283 g/mol. The van der Waals surface area contributed by atoms with Gasteiger partial charge in [0.05, 0.1) is 11.8 Å². The molecule has 4 N–H and O–H groups in total. The number of hydrogen-bond acceptors (Lipinski definition) is 4. The van der Waals surface area contributed by atoms with Crippen LogP contribution in [0.4, 0.5) is 10.1 Å². The predicted molar refractivity (Wildman–Crippen MR) is 76.1 cm³/mol. The van der Waals surface area contributed by atoms with E-state index in [0.29, 0.717) is 6.42 Å². The van der Waals surface area contributed by atoms with Crippen molar-refractivity contribution in [3.8, 4) is 0 Å². The van der Waals surface area contributed by atoms with Crippen LogP contribution in [0.5, 0.6) is 0 Å². The van der Waals surface area contributed by atoms with E-state index in [0.717, 1.165) is 18.2 Å². The molecular formula is C13H21FN2O3S. The number of nitrogens with one attached hydrogen (secondary N) is 1. The van der Waals surface area contributed by atoms with Crippen molar-refractivity contribution in [2.45, 2.75) is 38.2 Å². The van der Waals surface area contributed by atoms with Crippen LogP contribution in [0.1, 0.15) is 27.2 Å². The zero-order valence-corrected chi connectivity index (χ0v) is 12.7. The standard InChI is InChI=1S/C13H21FN2O3S/c1-13(2,3)7-10(17)8-16-20(18,19)12-5-4-9(14)6-11(12)15/h4-6,10,16-17H,7-8,15H2,1-3H3. The van der Waals surface area contributed by atoms with Gasteiger partial charge in [-0.1, -0.05) is 20.8 Å². The first-order valence-corrected chi connectivity index (χ1v) is 7.72. The van der Waals surface area contributed by atoms with Crippen LogP contribution in [0.15, 0.2) is 23.1 Å². The summed E-state index contributed by atoms with van der Waals surface area (Å²) in [6, 6.07) is 3.07. The minimum atomic E-state index is -3.86. The van der Waals surface area contributed by atoms with Crippen molar-refractivity contribution in [3.63, 3.8) is 0 Å². The van der Waals surface area contributed by atoms with Crippen molar-refractivity contribution in [1.29, 1.82) is 0 Å². The highest BCUT2D eigenvalue weighted by Gasteiger charge is 2.21. The minimum absolute atomic E-state index is 0.111. The van der Waals surface area contributed by atoms with E-state index in [-0.39, 0.29) is 22.5 Å². The number of sulfonamides is 1. The summed E-state index contributed by atoms with van der Waals surface area (Å²) in [6.07, 6.45) is -0.347. The van der Waals surface area contributed by atoms with Crippen LogP contribution in [0.2, 0.25) is 0 Å². The summed E-state index contributed by atoms with van der Waals surface area (Å²) in [7, 11) is -3.86. The zero-order valence-electron chi connectivity index (χ0n) is 11.9. The Morgan fingerprint density at radius 1 is 1.40 bits per heavy atom. The molecule has 0 amide bonds. The molecule has 1 aromatic carbocycles. The van der Waals surface area contributed by atoms with Gasteiger partial charge in [-0.05, 0) is 30.0 Å². The van der Waals surface area contributed by atoms with Gasteiger partial charge in [-0.15, -0.1) is 0 Å². The summed E-state index contributed by atoms with van der Waals surface area (Å²) in [6.45, 7) is 5.73. The molecule has 0 bridgehead atoms. The van der Waals surface area contributed by atoms with Crippen LogP contribution in [0.3, 0.4) is 0 Å². The van der Waals surface area contributed by atoms with Gasteiger partial charge in [-0.2, -0.15) is 0 Å². The van der Waals surface area contributed by atoms with Crippen LogP contribution in [0.25, 0.3) is 0 Å². The molecule has 0 saturated carbocycles. The molecule has 7 heteroatoms. The van der Waals surface area contributed by atoms with Crippen LogP contribution in [-0.4, -0.2) is 26.2 Å². The Hall–Kier alpha value is -1.18. The largest absolute Gasteiger partial charge is 0.398 e. The molecule has 0 aliphatic heterocycles. The van der Waals surface area contributed by atoms with Gasteiger partial charge in [0.25, 0.3) is 0 Å². The number of aliphatic hydroxyl groups excluding tert-OH is 1. The zero-order chi connectivity index (χ0) is 15.6. The van der Waals surface area contributed by atoms with Gasteiger partial charge in [0.2, 0.25) is 10.0 Å². The van der Waals surface area contributed by atoms with E-state index in [1.54, 1.807) is 0 Å². The third-order valence-electron chi connectivity index (χ3n) is 2.62. The Bertz CT molecular complexity index is 567. The summed E-state index contributed by atoms with van der Waals surface area (Å²) in [5.41, 5.74) is 5.22. The third-order valence-corrected chi connectivity index (χ3v) is 4.12. The molecule has 0 radical (unpaired) electrons. The highest BCUT2D eigenvalue weighted by atomic mass is 32.2. The predicted octanol–water partition coefficient (Wildman–Crippen LogP) is 1.48. The smallest absolute Gasteiger partial charge is 0.242 e. The van der Waals surface area contributed by atoms with Crippen molar-refractivity contribution >= 4 is 15.7 Å². The summed E-state index contributed by atoms with van der Waals surface area (Å²) in [5, 5.41) is 9.79. The number of hydrogen-bond donors (Lipinski definition) is 3. The molecule has 0 fully saturated rings. The van der Waals surface area contributed by atoms with Gasteiger partial charge in [-0.25, -0.2) is 17.5 Å². The molecule has 1 atom stereocenters. The average Bonchev–Trinajstić information content (AvgIpc) is 2.23. The van der Waals surface area contributed by atoms with Gasteiger partial charge in [0.15, 0.2) is 0 Å². The molecule has 0 aliphatic rings. The third kappa shape index (κ3) is 5.07. The van der Waals surface area contributed by atoms with Crippen LogP contribution < -0.4 is 10.5 Å². The fourth-order valence-electron chi connectivity index (χ4n) is 1.83. The average molecular weight is 304 g/mol. The topological polar surface area (TPSA) is 92.4 Å². The van der Waals surface area contributed by atoms with Gasteiger partial charge in [-0.3, -0.25) is 0 Å². The maximum atomic E-state index is 12.9. The van der Waals surface area contributed by atoms with Crippen molar-refractivity contribution < 1.29 is 17.9 Å². The Kier molecular flexibility index (Phi) is 5.12. The van der Waals surface area contributed by atoms with E-state index >= 15 is 0 Å². The fraction of sp³-hybridized carbons (Fsp3) is 0.538. The van der Waals surface area contributed by atoms with Gasteiger partial charge >= 0.3 is 0 Å². The summed E-state index contributed by atoms with van der Waals surface area (Å²) in [5.74, 6) is -0.603. The van der Waals surface area contributed by atoms with Crippen LogP contribution >= 0.6 is 0 Å². The first-order chi connectivity index (χ1) is 9.01. The minimum Gasteiger partial charge on any atom is -0.398 e. The van der Waals surface area contributed by atoms with Gasteiger partial charge < -0.3 is 10.8 Å². The first kappa shape index (κ1) is 16.9. The number of anilines is 1. The van der Waals surface area contributed by atoms with Gasteiger partial charge in [0, 0.05) is 6.54 Å². The molecule has 0 spiro atoms. The number of benzene rings is 1. The van der Waals surface area contributed by atoms with E-state index < -0.39 is 21.9 Å². The molecule has 0 aliphatic carbocycles. The van der Waals surface area contributed by atoms with E-state index in [2.05, 4.69) is 4.72 Å². The molecule has 20 heavy (non-hydrogen) atoms. The summed E-state index contributed by atoms with van der Waals surface area (Å²) >= 11 is 0. The number of aliphatic hydroxyl groups is 1. The maximum Gasteiger partial charge on any atom is 0.242 e. The lowest BCUT2D eigenvalue weighted by atomic mass is 9.89. The number of halogens is 1. The van der Waals surface area contributed by atoms with Crippen molar-refractivity contribution in [2.24, 2.45) is 5.41 Å². The second-order valence-electron chi connectivity index (χ2n) is 5.95. The van der Waals surface area contributed by atoms with Gasteiger partial charge in [0.1, 0.15) is 10.7 Å². The Morgan fingerprint density at radius 3 is 2.50 bits per heavy atom.